The first-order valence-electron chi connectivity index (χ1n) is 4.12. The number of hydrogen-bond donors (Lipinski definition) is 1. The maximum absolute atomic E-state index is 11.2. The molecule has 0 saturated carbocycles. The summed E-state index contributed by atoms with van der Waals surface area (Å²) in [7, 11) is 0. The Morgan fingerprint density at radius 2 is 2.08 bits per heavy atom. The van der Waals surface area contributed by atoms with Crippen LogP contribution >= 0.6 is 0 Å². The van der Waals surface area contributed by atoms with Crippen molar-refractivity contribution in [1.29, 1.82) is 0 Å². The quantitative estimate of drug-likeness (QED) is 0.628. The Morgan fingerprint density at radius 3 is 2.33 bits per heavy atom. The number of aliphatic hydroxyl groups is 1. The lowest BCUT2D eigenvalue weighted by Gasteiger charge is -2.26. The maximum atomic E-state index is 11.2. The number of carbonyl (C=O) groups is 2. The summed E-state index contributed by atoms with van der Waals surface area (Å²) < 4.78 is 0. The summed E-state index contributed by atoms with van der Waals surface area (Å²) in [6.07, 6.45) is 1.15. The molecule has 0 aromatic rings. The molecule has 12 heavy (non-hydrogen) atoms. The van der Waals surface area contributed by atoms with Crippen LogP contribution in [0.5, 0.6) is 0 Å². The minimum atomic E-state index is -1.09. The maximum Gasteiger partial charge on any atom is 0.138 e. The number of aldehydes is 1. The van der Waals surface area contributed by atoms with Gasteiger partial charge in [-0.3, -0.25) is 4.79 Å². The fourth-order valence-electron chi connectivity index (χ4n) is 1.16. The zero-order valence-electron chi connectivity index (χ0n) is 7.83. The third-order valence-electron chi connectivity index (χ3n) is 1.92. The Balaban J connectivity index is 4.43. The molecule has 0 fully saturated rings. The van der Waals surface area contributed by atoms with Crippen molar-refractivity contribution in [1.82, 2.24) is 0 Å². The zero-order chi connectivity index (χ0) is 9.78. The highest BCUT2D eigenvalue weighted by molar-refractivity contribution is 5.83. The lowest BCUT2D eigenvalue weighted by atomic mass is 9.84. The molecule has 0 aromatic heterocycles. The van der Waals surface area contributed by atoms with Crippen LogP contribution in [-0.4, -0.2) is 22.8 Å². The highest BCUT2D eigenvalue weighted by atomic mass is 16.3. The molecule has 1 N–H and O–H groups in total. The van der Waals surface area contributed by atoms with Gasteiger partial charge in [0, 0.05) is 12.8 Å². The van der Waals surface area contributed by atoms with E-state index in [1.807, 2.05) is 0 Å². The van der Waals surface area contributed by atoms with Crippen LogP contribution in [0.4, 0.5) is 0 Å². The third-order valence-corrected chi connectivity index (χ3v) is 1.92. The number of Topliss-reactive ketones (excluding diaryl/α,β-unsaturated/α-hetero) is 1. The highest BCUT2D eigenvalue weighted by Crippen LogP contribution is 2.21. The zero-order valence-corrected chi connectivity index (χ0v) is 7.83. The summed E-state index contributed by atoms with van der Waals surface area (Å²) >= 11 is 0. The van der Waals surface area contributed by atoms with Gasteiger partial charge in [0.25, 0.3) is 0 Å². The molecular formula is C9H16O3. The average Bonchev–Trinajstić information content (AvgIpc) is 1.96. The van der Waals surface area contributed by atoms with Crippen molar-refractivity contribution in [3.63, 3.8) is 0 Å². The van der Waals surface area contributed by atoms with Gasteiger partial charge in [-0.15, -0.1) is 0 Å². The minimum absolute atomic E-state index is 0.0606. The molecule has 0 heterocycles. The van der Waals surface area contributed by atoms with Crippen molar-refractivity contribution in [2.24, 2.45) is 5.92 Å². The predicted molar refractivity (Wildman–Crippen MR) is 45.8 cm³/mol. The summed E-state index contributed by atoms with van der Waals surface area (Å²) in [5.74, 6) is -0.616. The van der Waals surface area contributed by atoms with Crippen LogP contribution in [0.1, 0.15) is 33.6 Å². The molecule has 1 unspecified atom stereocenters. The largest absolute Gasteiger partial charge is 0.390 e. The van der Waals surface area contributed by atoms with Crippen LogP contribution < -0.4 is 0 Å². The predicted octanol–water partition coefficient (Wildman–Crippen LogP) is 0.942. The molecule has 0 rings (SSSR count). The molecular weight excluding hydrogens is 156 g/mol. The monoisotopic (exact) mass is 172 g/mol. The van der Waals surface area contributed by atoms with Crippen molar-refractivity contribution in [2.45, 2.75) is 39.2 Å². The smallest absolute Gasteiger partial charge is 0.138 e. The van der Waals surface area contributed by atoms with E-state index in [-0.39, 0.29) is 12.2 Å². The van der Waals surface area contributed by atoms with E-state index < -0.39 is 11.5 Å². The molecule has 0 aromatic carbocycles. The Hall–Kier alpha value is -0.700. The second kappa shape index (κ2) is 4.36. The SMILES string of the molecule is CCC(=O)C(CC=O)C(C)(C)O. The van der Waals surface area contributed by atoms with Gasteiger partial charge >= 0.3 is 0 Å². The van der Waals surface area contributed by atoms with Gasteiger partial charge in [0.2, 0.25) is 0 Å². The molecule has 3 nitrogen and oxygen atoms in total. The van der Waals surface area contributed by atoms with Crippen LogP contribution in [0.3, 0.4) is 0 Å². The van der Waals surface area contributed by atoms with Gasteiger partial charge in [-0.05, 0) is 13.8 Å². The van der Waals surface area contributed by atoms with Crippen LogP contribution in [-0.2, 0) is 9.59 Å². The van der Waals surface area contributed by atoms with E-state index in [1.54, 1.807) is 20.8 Å². The lowest BCUT2D eigenvalue weighted by molar-refractivity contribution is -0.132. The van der Waals surface area contributed by atoms with Gasteiger partial charge in [-0.25, -0.2) is 0 Å². The summed E-state index contributed by atoms with van der Waals surface area (Å²) in [6, 6.07) is 0. The lowest BCUT2D eigenvalue weighted by Crippen LogP contribution is -2.36. The normalized spacial score (nSPS) is 14.0. The molecule has 1 atom stereocenters. The van der Waals surface area contributed by atoms with E-state index >= 15 is 0 Å². The molecule has 0 radical (unpaired) electrons. The van der Waals surface area contributed by atoms with Gasteiger partial charge in [-0.1, -0.05) is 6.92 Å². The molecule has 0 aliphatic rings. The third kappa shape index (κ3) is 3.13. The van der Waals surface area contributed by atoms with Crippen LogP contribution in [0.2, 0.25) is 0 Å². The van der Waals surface area contributed by atoms with Crippen molar-refractivity contribution < 1.29 is 14.7 Å². The van der Waals surface area contributed by atoms with E-state index in [4.69, 9.17) is 0 Å². The van der Waals surface area contributed by atoms with Crippen LogP contribution in [0.15, 0.2) is 0 Å². The molecule has 0 spiro atoms. The molecule has 0 aliphatic heterocycles. The average molecular weight is 172 g/mol. The number of carbonyl (C=O) groups excluding carboxylic acids is 2. The Labute approximate surface area is 72.8 Å². The first-order valence-corrected chi connectivity index (χ1v) is 4.12. The number of hydrogen-bond acceptors (Lipinski definition) is 3. The number of ketones is 1. The van der Waals surface area contributed by atoms with Crippen molar-refractivity contribution in [3.05, 3.63) is 0 Å². The summed E-state index contributed by atoms with van der Waals surface area (Å²) in [5.41, 5.74) is -1.09. The first-order chi connectivity index (χ1) is 5.43. The van der Waals surface area contributed by atoms with Gasteiger partial charge in [-0.2, -0.15) is 0 Å². The second-order valence-electron chi connectivity index (χ2n) is 3.43. The summed E-state index contributed by atoms with van der Waals surface area (Å²) in [6.45, 7) is 4.83. The Bertz CT molecular complexity index is 167. The molecule has 0 amide bonds. The van der Waals surface area contributed by atoms with Crippen LogP contribution in [0.25, 0.3) is 0 Å². The van der Waals surface area contributed by atoms with E-state index in [1.165, 1.54) is 0 Å². The topological polar surface area (TPSA) is 54.4 Å². The fourth-order valence-corrected chi connectivity index (χ4v) is 1.16. The highest BCUT2D eigenvalue weighted by Gasteiger charge is 2.31. The fraction of sp³-hybridized carbons (Fsp3) is 0.778. The second-order valence-corrected chi connectivity index (χ2v) is 3.43. The Morgan fingerprint density at radius 1 is 1.58 bits per heavy atom. The molecule has 3 heteroatoms. The molecule has 0 aliphatic carbocycles. The van der Waals surface area contributed by atoms with Gasteiger partial charge in [0.05, 0.1) is 11.5 Å². The van der Waals surface area contributed by atoms with Gasteiger partial charge < -0.3 is 9.90 Å². The van der Waals surface area contributed by atoms with Gasteiger partial charge in [0.1, 0.15) is 12.1 Å². The minimum Gasteiger partial charge on any atom is -0.390 e. The van der Waals surface area contributed by atoms with Crippen molar-refractivity contribution in [2.75, 3.05) is 0 Å². The Kier molecular flexibility index (Phi) is 4.10. The summed E-state index contributed by atoms with van der Waals surface area (Å²) in [5, 5.41) is 9.53. The first kappa shape index (κ1) is 11.3. The van der Waals surface area contributed by atoms with Gasteiger partial charge in [0.15, 0.2) is 0 Å². The van der Waals surface area contributed by atoms with E-state index in [0.717, 1.165) is 0 Å². The van der Waals surface area contributed by atoms with E-state index in [9.17, 15) is 14.7 Å². The summed E-state index contributed by atoms with van der Waals surface area (Å²) in [4.78, 5) is 21.4. The van der Waals surface area contributed by atoms with E-state index in [2.05, 4.69) is 0 Å². The number of rotatable bonds is 5. The van der Waals surface area contributed by atoms with Crippen LogP contribution in [0, 0.1) is 5.92 Å². The van der Waals surface area contributed by atoms with E-state index in [0.29, 0.717) is 12.7 Å². The molecule has 0 bridgehead atoms. The van der Waals surface area contributed by atoms with Crippen molar-refractivity contribution >= 4 is 12.1 Å². The standard InChI is InChI=1S/C9H16O3/c1-4-8(11)7(5-6-10)9(2,3)12/h6-7,12H,4-5H2,1-3H3. The molecule has 0 saturated heterocycles. The molecule has 70 valence electrons. The van der Waals surface area contributed by atoms with Crippen molar-refractivity contribution in [3.8, 4) is 0 Å².